The van der Waals surface area contributed by atoms with E-state index in [1.165, 1.54) is 12.1 Å². The number of benzene rings is 1. The summed E-state index contributed by atoms with van der Waals surface area (Å²) in [6.45, 7) is 3.85. The highest BCUT2D eigenvalue weighted by atomic mass is 19.1. The number of carbonyl (C=O) groups is 1. The molecule has 6 heteroatoms. The second kappa shape index (κ2) is 8.59. The van der Waals surface area contributed by atoms with Crippen LogP contribution in [-0.2, 0) is 13.0 Å². The number of hydrogen-bond donors (Lipinski definition) is 1. The normalized spacial score (nSPS) is 11.0. The smallest absolute Gasteiger partial charge is 0.274 e. The Kier molecular flexibility index (Phi) is 6.49. The standard InChI is InChI=1S/C18H25FN4O/c1-4-5-16-12-17(21-20-16)18(24)23(11-10-22(2)3)13-14-6-8-15(19)9-7-14/h6-9,12H,4-5,10-11,13H2,1-3H3,(H,20,21). The van der Waals surface area contributed by atoms with Crippen LogP contribution in [0.5, 0.6) is 0 Å². The van der Waals surface area contributed by atoms with E-state index in [-0.39, 0.29) is 11.7 Å². The van der Waals surface area contributed by atoms with Crippen molar-refractivity contribution < 1.29 is 9.18 Å². The Labute approximate surface area is 142 Å². The largest absolute Gasteiger partial charge is 0.332 e. The molecule has 0 saturated heterocycles. The number of aromatic amines is 1. The molecular weight excluding hydrogens is 307 g/mol. The molecule has 0 unspecified atom stereocenters. The summed E-state index contributed by atoms with van der Waals surface area (Å²) in [7, 11) is 3.93. The number of aryl methyl sites for hydroxylation is 1. The van der Waals surface area contributed by atoms with Gasteiger partial charge in [0.15, 0.2) is 0 Å². The number of carbonyl (C=O) groups excluding carboxylic acids is 1. The molecule has 1 aromatic heterocycles. The van der Waals surface area contributed by atoms with Gasteiger partial charge < -0.3 is 9.80 Å². The van der Waals surface area contributed by atoms with Gasteiger partial charge in [-0.25, -0.2) is 4.39 Å². The molecule has 0 radical (unpaired) electrons. The number of nitrogens with one attached hydrogen (secondary N) is 1. The number of hydrogen-bond acceptors (Lipinski definition) is 3. The van der Waals surface area contributed by atoms with Crippen LogP contribution in [-0.4, -0.2) is 53.1 Å². The van der Waals surface area contributed by atoms with Crippen LogP contribution in [0.25, 0.3) is 0 Å². The summed E-state index contributed by atoms with van der Waals surface area (Å²) < 4.78 is 13.1. The molecule has 1 amide bonds. The van der Waals surface area contributed by atoms with Crippen molar-refractivity contribution in [3.63, 3.8) is 0 Å². The SMILES string of the molecule is CCCc1cc(C(=O)N(CCN(C)C)Cc2ccc(F)cc2)n[nH]1. The number of halogens is 1. The fraction of sp³-hybridized carbons (Fsp3) is 0.444. The zero-order valence-corrected chi connectivity index (χ0v) is 14.6. The van der Waals surface area contributed by atoms with Crippen molar-refractivity contribution in [2.24, 2.45) is 0 Å². The van der Waals surface area contributed by atoms with Gasteiger partial charge in [0, 0.05) is 25.3 Å². The Morgan fingerprint density at radius 2 is 1.92 bits per heavy atom. The first kappa shape index (κ1) is 18.1. The number of rotatable bonds is 8. The fourth-order valence-electron chi connectivity index (χ4n) is 2.41. The number of nitrogens with zero attached hydrogens (tertiary/aromatic N) is 3. The van der Waals surface area contributed by atoms with Crippen molar-refractivity contribution in [2.75, 3.05) is 27.2 Å². The van der Waals surface area contributed by atoms with Gasteiger partial charge in [-0.05, 0) is 44.3 Å². The lowest BCUT2D eigenvalue weighted by atomic mass is 10.2. The summed E-state index contributed by atoms with van der Waals surface area (Å²) in [5.74, 6) is -0.388. The van der Waals surface area contributed by atoms with Crippen molar-refractivity contribution in [3.05, 3.63) is 53.1 Å². The first-order chi connectivity index (χ1) is 11.5. The van der Waals surface area contributed by atoms with Crippen molar-refractivity contribution in [3.8, 4) is 0 Å². The second-order valence-electron chi connectivity index (χ2n) is 6.18. The number of likely N-dealkylation sites (N-methyl/N-ethyl adjacent to an activating group) is 1. The minimum atomic E-state index is -0.276. The molecule has 24 heavy (non-hydrogen) atoms. The number of H-pyrrole nitrogens is 1. The van der Waals surface area contributed by atoms with Gasteiger partial charge in [-0.1, -0.05) is 25.5 Å². The summed E-state index contributed by atoms with van der Waals surface area (Å²) in [5, 5.41) is 7.07. The third-order valence-corrected chi connectivity index (χ3v) is 3.76. The van der Waals surface area contributed by atoms with E-state index >= 15 is 0 Å². The van der Waals surface area contributed by atoms with Crippen LogP contribution in [0.15, 0.2) is 30.3 Å². The minimum Gasteiger partial charge on any atom is -0.332 e. The molecule has 0 aliphatic heterocycles. The van der Waals surface area contributed by atoms with Gasteiger partial charge >= 0.3 is 0 Å². The minimum absolute atomic E-state index is 0.111. The molecule has 1 heterocycles. The average molecular weight is 332 g/mol. The molecule has 1 N–H and O–H groups in total. The highest BCUT2D eigenvalue weighted by molar-refractivity contribution is 5.92. The molecule has 0 saturated carbocycles. The van der Waals surface area contributed by atoms with Crippen LogP contribution in [0.1, 0.15) is 35.1 Å². The van der Waals surface area contributed by atoms with Gasteiger partial charge in [-0.2, -0.15) is 5.10 Å². The van der Waals surface area contributed by atoms with Crippen LogP contribution in [0, 0.1) is 5.82 Å². The third-order valence-electron chi connectivity index (χ3n) is 3.76. The van der Waals surface area contributed by atoms with Crippen molar-refractivity contribution >= 4 is 5.91 Å². The first-order valence-corrected chi connectivity index (χ1v) is 8.22. The molecule has 5 nitrogen and oxygen atoms in total. The Hall–Kier alpha value is -2.21. The van der Waals surface area contributed by atoms with E-state index in [1.807, 2.05) is 25.1 Å². The summed E-state index contributed by atoms with van der Waals surface area (Å²) in [4.78, 5) is 16.6. The van der Waals surface area contributed by atoms with Gasteiger partial charge in [0.1, 0.15) is 11.5 Å². The van der Waals surface area contributed by atoms with E-state index < -0.39 is 0 Å². The topological polar surface area (TPSA) is 52.2 Å². The van der Waals surface area contributed by atoms with Crippen LogP contribution < -0.4 is 0 Å². The average Bonchev–Trinajstić information content (AvgIpc) is 3.01. The Morgan fingerprint density at radius 3 is 2.54 bits per heavy atom. The molecule has 0 fully saturated rings. The van der Waals surface area contributed by atoms with Crippen molar-refractivity contribution in [1.82, 2.24) is 20.0 Å². The van der Waals surface area contributed by atoms with E-state index in [0.29, 0.717) is 18.8 Å². The van der Waals surface area contributed by atoms with E-state index in [4.69, 9.17) is 0 Å². The lowest BCUT2D eigenvalue weighted by Crippen LogP contribution is -2.36. The second-order valence-corrected chi connectivity index (χ2v) is 6.18. The Bertz CT molecular complexity index is 651. The zero-order chi connectivity index (χ0) is 17.5. The molecule has 130 valence electrons. The molecule has 0 aliphatic carbocycles. The van der Waals surface area contributed by atoms with E-state index in [1.54, 1.807) is 17.0 Å². The number of aromatic nitrogens is 2. The van der Waals surface area contributed by atoms with Crippen LogP contribution in [0.4, 0.5) is 4.39 Å². The van der Waals surface area contributed by atoms with Gasteiger partial charge in [-0.3, -0.25) is 9.89 Å². The maximum atomic E-state index is 13.1. The predicted molar refractivity (Wildman–Crippen MR) is 92.3 cm³/mol. The van der Waals surface area contributed by atoms with E-state index in [2.05, 4.69) is 17.1 Å². The molecule has 0 bridgehead atoms. The molecule has 2 aromatic rings. The monoisotopic (exact) mass is 332 g/mol. The van der Waals surface area contributed by atoms with Crippen LogP contribution in [0.3, 0.4) is 0 Å². The third kappa shape index (κ3) is 5.16. The lowest BCUT2D eigenvalue weighted by Gasteiger charge is -2.23. The van der Waals surface area contributed by atoms with Crippen molar-refractivity contribution in [2.45, 2.75) is 26.3 Å². The highest BCUT2D eigenvalue weighted by Crippen LogP contribution is 2.11. The maximum absolute atomic E-state index is 13.1. The van der Waals surface area contributed by atoms with Gasteiger partial charge in [0.05, 0.1) is 0 Å². The predicted octanol–water partition coefficient (Wildman–Crippen LogP) is 2.71. The van der Waals surface area contributed by atoms with Crippen LogP contribution >= 0.6 is 0 Å². The van der Waals surface area contributed by atoms with E-state index in [9.17, 15) is 9.18 Å². The van der Waals surface area contributed by atoms with Gasteiger partial charge in [-0.15, -0.1) is 0 Å². The lowest BCUT2D eigenvalue weighted by molar-refractivity contribution is 0.0726. The van der Waals surface area contributed by atoms with Gasteiger partial charge in [0.2, 0.25) is 0 Å². The summed E-state index contributed by atoms with van der Waals surface area (Å²) in [5.41, 5.74) is 2.29. The number of amides is 1. The zero-order valence-electron chi connectivity index (χ0n) is 14.6. The molecule has 0 aliphatic rings. The Balaban J connectivity index is 2.13. The van der Waals surface area contributed by atoms with Crippen molar-refractivity contribution in [1.29, 1.82) is 0 Å². The first-order valence-electron chi connectivity index (χ1n) is 8.22. The van der Waals surface area contributed by atoms with Gasteiger partial charge in [0.25, 0.3) is 5.91 Å². The summed E-state index contributed by atoms with van der Waals surface area (Å²) in [6, 6.07) is 8.06. The molecule has 2 rings (SSSR count). The highest BCUT2D eigenvalue weighted by Gasteiger charge is 2.19. The Morgan fingerprint density at radius 1 is 1.21 bits per heavy atom. The quantitative estimate of drug-likeness (QED) is 0.809. The summed E-state index contributed by atoms with van der Waals surface area (Å²) in [6.07, 6.45) is 1.87. The fourth-order valence-corrected chi connectivity index (χ4v) is 2.41. The molecule has 0 atom stereocenters. The molecule has 1 aromatic carbocycles. The molecular formula is C18H25FN4O. The summed E-state index contributed by atoms with van der Waals surface area (Å²) >= 11 is 0. The maximum Gasteiger partial charge on any atom is 0.274 e. The van der Waals surface area contributed by atoms with Crippen LogP contribution in [0.2, 0.25) is 0 Å². The van der Waals surface area contributed by atoms with E-state index in [0.717, 1.165) is 30.6 Å². The molecule has 0 spiro atoms.